The molecule has 1 aromatic rings. The van der Waals surface area contributed by atoms with Crippen LogP contribution >= 0.6 is 0 Å². The minimum Gasteiger partial charge on any atom is -0.474 e. The Hall–Kier alpha value is -1.09. The van der Waals surface area contributed by atoms with Gasteiger partial charge in [-0.2, -0.15) is 0 Å². The van der Waals surface area contributed by atoms with Gasteiger partial charge < -0.3 is 10.1 Å². The zero-order valence-corrected chi connectivity index (χ0v) is 13.1. The van der Waals surface area contributed by atoms with Gasteiger partial charge in [0.1, 0.15) is 6.10 Å². The van der Waals surface area contributed by atoms with E-state index in [4.69, 9.17) is 4.74 Å². The number of nitrogens with one attached hydrogen (secondary N) is 1. The molecule has 3 nitrogen and oxygen atoms in total. The molecule has 0 bridgehead atoms. The summed E-state index contributed by atoms with van der Waals surface area (Å²) >= 11 is 0. The fourth-order valence-corrected chi connectivity index (χ4v) is 2.97. The van der Waals surface area contributed by atoms with Crippen LogP contribution < -0.4 is 10.1 Å². The molecule has 1 heterocycles. The van der Waals surface area contributed by atoms with Gasteiger partial charge in [-0.05, 0) is 44.2 Å². The van der Waals surface area contributed by atoms with Gasteiger partial charge in [-0.1, -0.05) is 32.8 Å². The summed E-state index contributed by atoms with van der Waals surface area (Å²) in [6.45, 7) is 8.34. The van der Waals surface area contributed by atoms with Gasteiger partial charge in [0.15, 0.2) is 0 Å². The van der Waals surface area contributed by atoms with Crippen molar-refractivity contribution in [1.82, 2.24) is 10.3 Å². The minimum absolute atomic E-state index is 0.361. The molecular weight excluding hydrogens is 248 g/mol. The van der Waals surface area contributed by atoms with Crippen molar-refractivity contribution in [1.29, 1.82) is 0 Å². The van der Waals surface area contributed by atoms with E-state index < -0.39 is 0 Å². The molecule has 1 aliphatic carbocycles. The number of aryl methyl sites for hydroxylation is 1. The van der Waals surface area contributed by atoms with Crippen molar-refractivity contribution in [3.8, 4) is 5.88 Å². The lowest BCUT2D eigenvalue weighted by molar-refractivity contribution is 0.117. The molecule has 0 aliphatic heterocycles. The molecule has 0 amide bonds. The Morgan fingerprint density at radius 3 is 2.85 bits per heavy atom. The average molecular weight is 276 g/mol. The second-order valence-corrected chi connectivity index (χ2v) is 5.86. The maximum absolute atomic E-state index is 6.10. The van der Waals surface area contributed by atoms with Crippen LogP contribution in [0.25, 0.3) is 0 Å². The summed E-state index contributed by atoms with van der Waals surface area (Å²) in [5, 5.41) is 3.34. The van der Waals surface area contributed by atoms with E-state index in [-0.39, 0.29) is 0 Å². The molecule has 0 spiro atoms. The fraction of sp³-hybridized carbons (Fsp3) is 0.706. The van der Waals surface area contributed by atoms with E-state index in [1.54, 1.807) is 0 Å². The summed E-state index contributed by atoms with van der Waals surface area (Å²) < 4.78 is 6.10. The molecular formula is C17H28N2O. The van der Waals surface area contributed by atoms with Crippen LogP contribution in [0.2, 0.25) is 0 Å². The van der Waals surface area contributed by atoms with E-state index in [1.807, 2.05) is 6.07 Å². The monoisotopic (exact) mass is 276 g/mol. The predicted molar refractivity (Wildman–Crippen MR) is 83.0 cm³/mol. The molecule has 1 aromatic heterocycles. The maximum atomic E-state index is 6.10. The molecule has 0 radical (unpaired) electrons. The average Bonchev–Trinajstić information content (AvgIpc) is 2.47. The van der Waals surface area contributed by atoms with E-state index >= 15 is 0 Å². The third-order valence-corrected chi connectivity index (χ3v) is 4.33. The first-order chi connectivity index (χ1) is 9.72. The zero-order chi connectivity index (χ0) is 14.4. The molecule has 1 N–H and O–H groups in total. The van der Waals surface area contributed by atoms with Crippen molar-refractivity contribution >= 4 is 0 Å². The highest BCUT2D eigenvalue weighted by molar-refractivity contribution is 5.25. The minimum atomic E-state index is 0.361. The SMILES string of the molecule is CCNCc1ccc(OC2CCCC(CC)C2)nc1C. The van der Waals surface area contributed by atoms with Gasteiger partial charge in [0, 0.05) is 18.3 Å². The number of nitrogens with zero attached hydrogens (tertiary/aromatic N) is 1. The van der Waals surface area contributed by atoms with Crippen molar-refractivity contribution < 1.29 is 4.74 Å². The number of hydrogen-bond donors (Lipinski definition) is 1. The summed E-state index contributed by atoms with van der Waals surface area (Å²) in [5.74, 6) is 1.63. The van der Waals surface area contributed by atoms with E-state index in [9.17, 15) is 0 Å². The highest BCUT2D eigenvalue weighted by Crippen LogP contribution is 2.29. The lowest BCUT2D eigenvalue weighted by Gasteiger charge is -2.28. The largest absolute Gasteiger partial charge is 0.474 e. The van der Waals surface area contributed by atoms with Crippen LogP contribution in [0, 0.1) is 12.8 Å². The summed E-state index contributed by atoms with van der Waals surface area (Å²) in [4.78, 5) is 4.61. The van der Waals surface area contributed by atoms with Crippen LogP contribution in [0.1, 0.15) is 57.2 Å². The molecule has 112 valence electrons. The zero-order valence-electron chi connectivity index (χ0n) is 13.1. The number of hydrogen-bond acceptors (Lipinski definition) is 3. The Morgan fingerprint density at radius 2 is 2.15 bits per heavy atom. The van der Waals surface area contributed by atoms with Crippen LogP contribution in [-0.2, 0) is 6.54 Å². The number of ether oxygens (including phenoxy) is 1. The Kier molecular flexibility index (Phi) is 5.84. The van der Waals surface area contributed by atoms with Crippen molar-refractivity contribution in [2.75, 3.05) is 6.54 Å². The Morgan fingerprint density at radius 1 is 1.30 bits per heavy atom. The number of aromatic nitrogens is 1. The normalized spacial score (nSPS) is 22.8. The van der Waals surface area contributed by atoms with Crippen LogP contribution in [-0.4, -0.2) is 17.6 Å². The van der Waals surface area contributed by atoms with Gasteiger partial charge in [-0.3, -0.25) is 0 Å². The molecule has 1 saturated carbocycles. The van der Waals surface area contributed by atoms with Gasteiger partial charge in [-0.15, -0.1) is 0 Å². The van der Waals surface area contributed by atoms with E-state index in [2.05, 4.69) is 37.1 Å². The fourth-order valence-electron chi connectivity index (χ4n) is 2.97. The quantitative estimate of drug-likeness (QED) is 0.857. The van der Waals surface area contributed by atoms with E-state index in [0.717, 1.165) is 30.6 Å². The van der Waals surface area contributed by atoms with Gasteiger partial charge >= 0.3 is 0 Å². The molecule has 20 heavy (non-hydrogen) atoms. The number of pyridine rings is 1. The highest BCUT2D eigenvalue weighted by Gasteiger charge is 2.22. The molecule has 2 atom stereocenters. The maximum Gasteiger partial charge on any atom is 0.213 e. The summed E-state index contributed by atoms with van der Waals surface area (Å²) in [5.41, 5.74) is 2.33. The third-order valence-electron chi connectivity index (χ3n) is 4.33. The van der Waals surface area contributed by atoms with Gasteiger partial charge in [-0.25, -0.2) is 4.98 Å². The molecule has 0 saturated heterocycles. The van der Waals surface area contributed by atoms with Crippen molar-refractivity contribution in [2.24, 2.45) is 5.92 Å². The van der Waals surface area contributed by atoms with Crippen molar-refractivity contribution in [2.45, 2.75) is 65.5 Å². The van der Waals surface area contributed by atoms with Crippen LogP contribution in [0.4, 0.5) is 0 Å². The Labute approximate surface area is 123 Å². The first-order valence-corrected chi connectivity index (χ1v) is 8.06. The summed E-state index contributed by atoms with van der Waals surface area (Å²) in [6.07, 6.45) is 6.66. The predicted octanol–water partition coefficient (Wildman–Crippen LogP) is 3.85. The lowest BCUT2D eigenvalue weighted by Crippen LogP contribution is -2.25. The smallest absolute Gasteiger partial charge is 0.213 e. The molecule has 2 unspecified atom stereocenters. The molecule has 1 aliphatic rings. The molecule has 1 fully saturated rings. The highest BCUT2D eigenvalue weighted by atomic mass is 16.5. The summed E-state index contributed by atoms with van der Waals surface area (Å²) in [6, 6.07) is 4.16. The Bertz CT molecular complexity index is 419. The van der Waals surface area contributed by atoms with E-state index in [0.29, 0.717) is 6.10 Å². The summed E-state index contributed by atoms with van der Waals surface area (Å²) in [7, 11) is 0. The standard InChI is InChI=1S/C17H28N2O/c1-4-14-7-6-8-16(11-14)20-17-10-9-15(12-18-5-2)13(3)19-17/h9-10,14,16,18H,4-8,11-12H2,1-3H3. The first-order valence-electron chi connectivity index (χ1n) is 8.06. The lowest BCUT2D eigenvalue weighted by atomic mass is 9.85. The number of rotatable bonds is 6. The second-order valence-electron chi connectivity index (χ2n) is 5.86. The molecule has 2 rings (SSSR count). The van der Waals surface area contributed by atoms with Gasteiger partial charge in [0.2, 0.25) is 5.88 Å². The molecule has 0 aromatic carbocycles. The first kappa shape index (κ1) is 15.3. The topological polar surface area (TPSA) is 34.1 Å². The van der Waals surface area contributed by atoms with Crippen LogP contribution in [0.15, 0.2) is 12.1 Å². The van der Waals surface area contributed by atoms with Crippen LogP contribution in [0.5, 0.6) is 5.88 Å². The van der Waals surface area contributed by atoms with Crippen LogP contribution in [0.3, 0.4) is 0 Å². The Balaban J connectivity index is 1.94. The van der Waals surface area contributed by atoms with E-state index in [1.165, 1.54) is 37.7 Å². The molecule has 3 heteroatoms. The third kappa shape index (κ3) is 4.20. The van der Waals surface area contributed by atoms with Crippen molar-refractivity contribution in [3.63, 3.8) is 0 Å². The van der Waals surface area contributed by atoms with Gasteiger partial charge in [0.25, 0.3) is 0 Å². The van der Waals surface area contributed by atoms with Crippen molar-refractivity contribution in [3.05, 3.63) is 23.4 Å². The second kappa shape index (κ2) is 7.63. The van der Waals surface area contributed by atoms with Gasteiger partial charge in [0.05, 0.1) is 0 Å².